The fraction of sp³-hybridized carbons (Fsp3) is 0.667. The van der Waals surface area contributed by atoms with Gasteiger partial charge in [-0.05, 0) is 46.2 Å². The molecule has 0 saturated heterocycles. The van der Waals surface area contributed by atoms with E-state index in [2.05, 4.69) is 48.0 Å². The Labute approximate surface area is 134 Å². The molecule has 22 heavy (non-hydrogen) atoms. The summed E-state index contributed by atoms with van der Waals surface area (Å²) in [5.41, 5.74) is 2.21. The molecule has 2 atom stereocenters. The van der Waals surface area contributed by atoms with Crippen LogP contribution in [0.15, 0.2) is 24.3 Å². The quantitative estimate of drug-likeness (QED) is 0.928. The predicted octanol–water partition coefficient (Wildman–Crippen LogP) is 2.90. The van der Waals surface area contributed by atoms with Gasteiger partial charge in [0.25, 0.3) is 0 Å². The largest absolute Gasteiger partial charge is 0.389 e. The number of para-hydroxylation sites is 2. The van der Waals surface area contributed by atoms with Crippen LogP contribution in [0.25, 0.3) is 0 Å². The highest BCUT2D eigenvalue weighted by Gasteiger charge is 2.25. The van der Waals surface area contributed by atoms with Crippen molar-refractivity contribution in [2.45, 2.75) is 51.9 Å². The lowest BCUT2D eigenvalue weighted by Gasteiger charge is -2.33. The molecule has 0 fully saturated rings. The Bertz CT molecular complexity index is 484. The van der Waals surface area contributed by atoms with Crippen molar-refractivity contribution in [3.63, 3.8) is 0 Å². The van der Waals surface area contributed by atoms with Gasteiger partial charge in [-0.2, -0.15) is 0 Å². The number of ether oxygens (including phenoxy) is 1. The first-order valence-electron chi connectivity index (χ1n) is 8.17. The lowest BCUT2D eigenvalue weighted by Crippen LogP contribution is -2.41. The fourth-order valence-electron chi connectivity index (χ4n) is 2.83. The maximum Gasteiger partial charge on any atom is 0.0948 e. The highest BCUT2D eigenvalue weighted by atomic mass is 16.5. The van der Waals surface area contributed by atoms with Crippen molar-refractivity contribution >= 4 is 11.4 Å². The Kier molecular flexibility index (Phi) is 5.35. The average Bonchev–Trinajstić information content (AvgIpc) is 2.57. The van der Waals surface area contributed by atoms with E-state index in [-0.39, 0.29) is 5.60 Å². The summed E-state index contributed by atoms with van der Waals surface area (Å²) in [6.45, 7) is 10.3. The zero-order chi connectivity index (χ0) is 16.3. The van der Waals surface area contributed by atoms with E-state index in [4.69, 9.17) is 4.74 Å². The molecule has 1 aromatic rings. The zero-order valence-corrected chi connectivity index (χ0v) is 14.5. The van der Waals surface area contributed by atoms with Crippen LogP contribution in [0.1, 0.15) is 34.1 Å². The number of β-amino-alcohol motifs (C(OH)–C–C–N with tert-alkyl or cyclic N) is 1. The van der Waals surface area contributed by atoms with Gasteiger partial charge in [-0.3, -0.25) is 0 Å². The number of aliphatic hydroxyl groups is 1. The molecular weight excluding hydrogens is 276 g/mol. The first-order chi connectivity index (χ1) is 10.3. The Balaban J connectivity index is 2.12. The third kappa shape index (κ3) is 4.37. The van der Waals surface area contributed by atoms with Gasteiger partial charge in [0.15, 0.2) is 0 Å². The fourth-order valence-corrected chi connectivity index (χ4v) is 2.83. The Morgan fingerprint density at radius 2 is 1.91 bits per heavy atom. The SMILES string of the molecule is C[C@@H]1CCN(C)c2ccccc2N1C[C@H](O)COC(C)(C)C. The smallest absolute Gasteiger partial charge is 0.0948 e. The number of rotatable bonds is 4. The van der Waals surface area contributed by atoms with Crippen molar-refractivity contribution in [3.05, 3.63) is 24.3 Å². The molecular formula is C18H30N2O2. The van der Waals surface area contributed by atoms with Crippen LogP contribution >= 0.6 is 0 Å². The molecule has 1 aromatic carbocycles. The summed E-state index contributed by atoms with van der Waals surface area (Å²) < 4.78 is 5.72. The molecule has 2 rings (SSSR count). The van der Waals surface area contributed by atoms with Crippen LogP contribution in [0.2, 0.25) is 0 Å². The molecule has 0 amide bonds. The standard InChI is InChI=1S/C18H30N2O2/c1-14-10-11-19(5)16-8-6-7-9-17(16)20(14)12-15(21)13-22-18(2,3)4/h6-9,14-15,21H,10-13H2,1-5H3/t14-,15+/m1/s1. The van der Waals surface area contributed by atoms with Crippen molar-refractivity contribution in [2.24, 2.45) is 0 Å². The summed E-state index contributed by atoms with van der Waals surface area (Å²) in [5.74, 6) is 0. The molecule has 1 heterocycles. The number of fused-ring (bicyclic) bond motifs is 1. The highest BCUT2D eigenvalue weighted by Crippen LogP contribution is 2.33. The number of hydrogen-bond donors (Lipinski definition) is 1. The van der Waals surface area contributed by atoms with E-state index in [1.165, 1.54) is 11.4 Å². The minimum absolute atomic E-state index is 0.219. The van der Waals surface area contributed by atoms with Gasteiger partial charge in [-0.15, -0.1) is 0 Å². The van der Waals surface area contributed by atoms with Crippen LogP contribution in [0, 0.1) is 0 Å². The summed E-state index contributed by atoms with van der Waals surface area (Å²) in [5, 5.41) is 10.4. The second-order valence-corrected chi connectivity index (χ2v) is 7.28. The van der Waals surface area contributed by atoms with Gasteiger partial charge in [0.05, 0.1) is 29.7 Å². The van der Waals surface area contributed by atoms with E-state index in [0.717, 1.165) is 13.0 Å². The first-order valence-corrected chi connectivity index (χ1v) is 8.17. The number of benzene rings is 1. The van der Waals surface area contributed by atoms with Crippen LogP contribution in [-0.2, 0) is 4.74 Å². The summed E-state index contributed by atoms with van der Waals surface area (Å²) >= 11 is 0. The van der Waals surface area contributed by atoms with E-state index < -0.39 is 6.10 Å². The lowest BCUT2D eigenvalue weighted by molar-refractivity contribution is -0.0466. The molecule has 4 nitrogen and oxygen atoms in total. The van der Waals surface area contributed by atoms with E-state index >= 15 is 0 Å². The van der Waals surface area contributed by atoms with Crippen molar-refractivity contribution in [3.8, 4) is 0 Å². The number of aliphatic hydroxyl groups excluding tert-OH is 1. The molecule has 0 unspecified atom stereocenters. The van der Waals surface area contributed by atoms with Gasteiger partial charge >= 0.3 is 0 Å². The lowest BCUT2D eigenvalue weighted by atomic mass is 10.1. The normalized spacial score (nSPS) is 20.5. The summed E-state index contributed by atoms with van der Waals surface area (Å²) in [7, 11) is 2.13. The van der Waals surface area contributed by atoms with E-state index in [0.29, 0.717) is 19.2 Å². The van der Waals surface area contributed by atoms with Crippen LogP contribution in [0.5, 0.6) is 0 Å². The van der Waals surface area contributed by atoms with Crippen molar-refractivity contribution in [1.29, 1.82) is 0 Å². The molecule has 0 bridgehead atoms. The molecule has 124 valence electrons. The van der Waals surface area contributed by atoms with Gasteiger partial charge in [0, 0.05) is 26.2 Å². The molecule has 1 aliphatic rings. The summed E-state index contributed by atoms with van der Waals surface area (Å²) in [4.78, 5) is 4.61. The zero-order valence-electron chi connectivity index (χ0n) is 14.5. The molecule has 4 heteroatoms. The maximum atomic E-state index is 10.4. The first kappa shape index (κ1) is 17.1. The van der Waals surface area contributed by atoms with Gasteiger partial charge in [0.2, 0.25) is 0 Å². The summed E-state index contributed by atoms with van der Waals surface area (Å²) in [6, 6.07) is 8.83. The molecule has 0 saturated carbocycles. The third-order valence-electron chi connectivity index (χ3n) is 4.13. The second kappa shape index (κ2) is 6.88. The number of hydrogen-bond acceptors (Lipinski definition) is 4. The van der Waals surface area contributed by atoms with Crippen LogP contribution in [-0.4, -0.2) is 49.6 Å². The Morgan fingerprint density at radius 3 is 2.55 bits per heavy atom. The van der Waals surface area contributed by atoms with Gasteiger partial charge in [-0.1, -0.05) is 12.1 Å². The van der Waals surface area contributed by atoms with E-state index in [1.54, 1.807) is 0 Å². The monoisotopic (exact) mass is 306 g/mol. The molecule has 1 N–H and O–H groups in total. The van der Waals surface area contributed by atoms with E-state index in [1.807, 2.05) is 20.8 Å². The maximum absolute atomic E-state index is 10.4. The Morgan fingerprint density at radius 1 is 1.27 bits per heavy atom. The van der Waals surface area contributed by atoms with Crippen molar-refractivity contribution in [2.75, 3.05) is 36.5 Å². The van der Waals surface area contributed by atoms with Gasteiger partial charge in [0.1, 0.15) is 0 Å². The average molecular weight is 306 g/mol. The van der Waals surface area contributed by atoms with Gasteiger partial charge < -0.3 is 19.6 Å². The number of anilines is 2. The third-order valence-corrected chi connectivity index (χ3v) is 4.13. The summed E-state index contributed by atoms with van der Waals surface area (Å²) in [6.07, 6.45) is 0.594. The predicted molar refractivity (Wildman–Crippen MR) is 92.8 cm³/mol. The molecule has 0 aromatic heterocycles. The number of nitrogens with zero attached hydrogens (tertiary/aromatic N) is 2. The topological polar surface area (TPSA) is 35.9 Å². The minimum atomic E-state index is -0.488. The van der Waals surface area contributed by atoms with Gasteiger partial charge in [-0.25, -0.2) is 0 Å². The second-order valence-electron chi connectivity index (χ2n) is 7.28. The molecule has 1 aliphatic heterocycles. The van der Waals surface area contributed by atoms with Crippen molar-refractivity contribution in [1.82, 2.24) is 0 Å². The van der Waals surface area contributed by atoms with Crippen LogP contribution in [0.4, 0.5) is 11.4 Å². The minimum Gasteiger partial charge on any atom is -0.389 e. The highest BCUT2D eigenvalue weighted by molar-refractivity contribution is 5.72. The molecule has 0 spiro atoms. The molecule has 0 aliphatic carbocycles. The van der Waals surface area contributed by atoms with Crippen molar-refractivity contribution < 1.29 is 9.84 Å². The van der Waals surface area contributed by atoms with Crippen LogP contribution < -0.4 is 9.80 Å². The molecule has 0 radical (unpaired) electrons. The van der Waals surface area contributed by atoms with Crippen LogP contribution in [0.3, 0.4) is 0 Å². The van der Waals surface area contributed by atoms with E-state index in [9.17, 15) is 5.11 Å². The Hall–Kier alpha value is -1.26.